The maximum Gasteiger partial charge on any atom is 0.416 e. The first-order valence-corrected chi connectivity index (χ1v) is 16.2. The van der Waals surface area contributed by atoms with Crippen LogP contribution in [0.25, 0.3) is 0 Å². The third-order valence-electron chi connectivity index (χ3n) is 8.14. The summed E-state index contributed by atoms with van der Waals surface area (Å²) in [4.78, 5) is 34.1. The van der Waals surface area contributed by atoms with Crippen molar-refractivity contribution in [1.29, 1.82) is 0 Å². The Morgan fingerprint density at radius 2 is 1.48 bits per heavy atom. The molecular formula is C34H36F9N5O4. The number of hydrogen-bond acceptors (Lipinski definition) is 9. The SMILES string of the molecule is CCOC(=O)CCNc1ccc(C(F)(F)F)cc1CN(Cc1cc(C(F)(F)F)cc(C(F)(F)F)c1)c1ncc(C(C)OC(=O)C2CCNCC2)cn1. The first-order valence-electron chi connectivity index (χ1n) is 16.2. The van der Waals surface area contributed by atoms with Crippen LogP contribution in [-0.4, -0.2) is 48.1 Å². The molecule has 284 valence electrons. The van der Waals surface area contributed by atoms with Crippen LogP contribution in [0, 0.1) is 5.92 Å². The predicted octanol–water partition coefficient (Wildman–Crippen LogP) is 7.71. The van der Waals surface area contributed by atoms with E-state index in [2.05, 4.69) is 20.6 Å². The fourth-order valence-corrected chi connectivity index (χ4v) is 5.44. The van der Waals surface area contributed by atoms with Crippen molar-refractivity contribution < 1.29 is 58.6 Å². The average Bonchev–Trinajstić information content (AvgIpc) is 3.07. The molecule has 1 saturated heterocycles. The van der Waals surface area contributed by atoms with Crippen molar-refractivity contribution in [2.75, 3.05) is 36.5 Å². The second-order valence-electron chi connectivity index (χ2n) is 12.0. The van der Waals surface area contributed by atoms with Gasteiger partial charge in [0, 0.05) is 43.3 Å². The summed E-state index contributed by atoms with van der Waals surface area (Å²) < 4.78 is 134. The zero-order valence-corrected chi connectivity index (χ0v) is 28.0. The number of anilines is 2. The van der Waals surface area contributed by atoms with Crippen molar-refractivity contribution in [3.05, 3.63) is 82.2 Å². The molecule has 2 heterocycles. The van der Waals surface area contributed by atoms with Gasteiger partial charge in [0.1, 0.15) is 6.10 Å². The quantitative estimate of drug-likeness (QED) is 0.134. The van der Waals surface area contributed by atoms with Gasteiger partial charge in [-0.1, -0.05) is 0 Å². The number of aromatic nitrogens is 2. The van der Waals surface area contributed by atoms with Crippen LogP contribution < -0.4 is 15.5 Å². The molecule has 52 heavy (non-hydrogen) atoms. The standard InChI is InChI=1S/C34H36F9N5O4/c1-3-51-29(49)8-11-45-28-5-4-25(32(35,36)37)14-23(28)19-48(18-21-12-26(33(38,39)40)15-27(13-21)34(41,42)43)31-46-16-24(17-47-31)20(2)52-30(50)22-6-9-44-10-7-22/h4-5,12-17,20,22,44-45H,3,6-11,18-19H2,1-2H3. The van der Waals surface area contributed by atoms with Gasteiger partial charge in [0.15, 0.2) is 0 Å². The van der Waals surface area contributed by atoms with Crippen LogP contribution in [0.5, 0.6) is 0 Å². The lowest BCUT2D eigenvalue weighted by atomic mass is 9.98. The van der Waals surface area contributed by atoms with Gasteiger partial charge in [-0.2, -0.15) is 39.5 Å². The van der Waals surface area contributed by atoms with E-state index in [1.54, 1.807) is 13.8 Å². The molecule has 1 aliphatic heterocycles. The molecule has 0 amide bonds. The van der Waals surface area contributed by atoms with Crippen LogP contribution in [0.2, 0.25) is 0 Å². The maximum absolute atomic E-state index is 13.8. The third-order valence-corrected chi connectivity index (χ3v) is 8.14. The zero-order chi connectivity index (χ0) is 38.3. The van der Waals surface area contributed by atoms with E-state index >= 15 is 0 Å². The highest BCUT2D eigenvalue weighted by Crippen LogP contribution is 2.38. The largest absolute Gasteiger partial charge is 0.466 e. The Labute approximate surface area is 292 Å². The number of hydrogen-bond donors (Lipinski definition) is 2. The maximum atomic E-state index is 13.8. The van der Waals surface area contributed by atoms with Crippen LogP contribution in [-0.2, 0) is 50.7 Å². The molecule has 2 N–H and O–H groups in total. The number of carbonyl (C=O) groups is 2. The fraction of sp³-hybridized carbons (Fsp3) is 0.471. The molecule has 1 unspecified atom stereocenters. The molecule has 2 aromatic carbocycles. The first kappa shape index (κ1) is 40.2. The van der Waals surface area contributed by atoms with E-state index in [9.17, 15) is 49.1 Å². The van der Waals surface area contributed by atoms with Gasteiger partial charge < -0.3 is 25.0 Å². The Morgan fingerprint density at radius 3 is 2.04 bits per heavy atom. The van der Waals surface area contributed by atoms with Crippen molar-refractivity contribution in [3.63, 3.8) is 0 Å². The highest BCUT2D eigenvalue weighted by molar-refractivity contribution is 5.73. The third kappa shape index (κ3) is 11.2. The summed E-state index contributed by atoms with van der Waals surface area (Å²) >= 11 is 0. The molecule has 0 bridgehead atoms. The van der Waals surface area contributed by atoms with Gasteiger partial charge in [-0.15, -0.1) is 0 Å². The number of esters is 2. The van der Waals surface area contributed by atoms with Crippen molar-refractivity contribution in [1.82, 2.24) is 15.3 Å². The van der Waals surface area contributed by atoms with E-state index in [-0.39, 0.29) is 48.8 Å². The molecule has 1 atom stereocenters. The molecule has 9 nitrogen and oxygen atoms in total. The Bertz CT molecular complexity index is 1640. The van der Waals surface area contributed by atoms with Crippen LogP contribution in [0.3, 0.4) is 0 Å². The van der Waals surface area contributed by atoms with E-state index in [4.69, 9.17) is 9.47 Å². The highest BCUT2D eigenvalue weighted by atomic mass is 19.4. The molecule has 1 aliphatic rings. The summed E-state index contributed by atoms with van der Waals surface area (Å²) in [5.74, 6) is -1.60. The van der Waals surface area contributed by atoms with Crippen molar-refractivity contribution in [2.24, 2.45) is 5.92 Å². The molecule has 0 aliphatic carbocycles. The average molecular weight is 750 g/mol. The Balaban J connectivity index is 1.72. The molecule has 0 saturated carbocycles. The number of ether oxygens (including phenoxy) is 2. The van der Waals surface area contributed by atoms with E-state index in [1.807, 2.05) is 0 Å². The second kappa shape index (κ2) is 16.8. The monoisotopic (exact) mass is 749 g/mol. The molecule has 1 aromatic heterocycles. The van der Waals surface area contributed by atoms with Gasteiger partial charge in [0.05, 0.1) is 35.6 Å². The second-order valence-corrected chi connectivity index (χ2v) is 12.0. The molecule has 3 aromatic rings. The van der Waals surface area contributed by atoms with Gasteiger partial charge in [-0.3, -0.25) is 9.59 Å². The van der Waals surface area contributed by atoms with Gasteiger partial charge in [-0.05, 0) is 87.3 Å². The van der Waals surface area contributed by atoms with E-state index < -0.39 is 71.9 Å². The number of rotatable bonds is 13. The minimum atomic E-state index is -5.16. The number of benzene rings is 2. The van der Waals surface area contributed by atoms with Gasteiger partial charge in [0.2, 0.25) is 5.95 Å². The highest BCUT2D eigenvalue weighted by Gasteiger charge is 2.37. The summed E-state index contributed by atoms with van der Waals surface area (Å²) in [5, 5.41) is 5.98. The number of nitrogens with one attached hydrogen (secondary N) is 2. The molecule has 4 rings (SSSR count). The Kier molecular flexibility index (Phi) is 13.0. The Hall–Kier alpha value is -4.61. The van der Waals surface area contributed by atoms with Crippen LogP contribution >= 0.6 is 0 Å². The van der Waals surface area contributed by atoms with Gasteiger partial charge >= 0.3 is 30.5 Å². The van der Waals surface area contributed by atoms with Gasteiger partial charge in [0.25, 0.3) is 0 Å². The van der Waals surface area contributed by atoms with Crippen molar-refractivity contribution >= 4 is 23.6 Å². The molecule has 0 radical (unpaired) electrons. The number of carbonyl (C=O) groups excluding carboxylic acids is 2. The molecular weight excluding hydrogens is 713 g/mol. The summed E-state index contributed by atoms with van der Waals surface area (Å²) in [7, 11) is 0. The minimum Gasteiger partial charge on any atom is -0.466 e. The normalized spacial score (nSPS) is 14.8. The first-order chi connectivity index (χ1) is 24.3. The molecule has 1 fully saturated rings. The lowest BCUT2D eigenvalue weighted by Gasteiger charge is -2.26. The zero-order valence-electron chi connectivity index (χ0n) is 28.0. The van der Waals surface area contributed by atoms with E-state index in [0.717, 1.165) is 23.1 Å². The lowest BCUT2D eigenvalue weighted by Crippen LogP contribution is -2.33. The summed E-state index contributed by atoms with van der Waals surface area (Å²) in [6.45, 7) is 3.23. The summed E-state index contributed by atoms with van der Waals surface area (Å²) in [5.41, 5.74) is -4.42. The number of halogens is 9. The van der Waals surface area contributed by atoms with Crippen LogP contribution in [0.4, 0.5) is 51.1 Å². The van der Waals surface area contributed by atoms with Crippen molar-refractivity contribution in [3.8, 4) is 0 Å². The van der Waals surface area contributed by atoms with E-state index in [1.165, 1.54) is 12.4 Å². The molecule has 18 heteroatoms. The minimum absolute atomic E-state index is 0.0377. The molecule has 0 spiro atoms. The number of nitrogens with zero attached hydrogens (tertiary/aromatic N) is 3. The summed E-state index contributed by atoms with van der Waals surface area (Å²) in [6, 6.07) is 3.61. The number of piperidine rings is 1. The van der Waals surface area contributed by atoms with Crippen LogP contribution in [0.1, 0.15) is 72.6 Å². The van der Waals surface area contributed by atoms with Crippen LogP contribution in [0.15, 0.2) is 48.8 Å². The van der Waals surface area contributed by atoms with E-state index in [0.29, 0.717) is 43.6 Å². The number of alkyl halides is 9. The topological polar surface area (TPSA) is 106 Å². The van der Waals surface area contributed by atoms with Crippen molar-refractivity contribution in [2.45, 2.75) is 70.8 Å². The van der Waals surface area contributed by atoms with Gasteiger partial charge in [-0.25, -0.2) is 9.97 Å². The smallest absolute Gasteiger partial charge is 0.416 e. The summed E-state index contributed by atoms with van der Waals surface area (Å²) in [6.07, 6.45) is -12.5. The lowest BCUT2D eigenvalue weighted by molar-refractivity contribution is -0.154. The predicted molar refractivity (Wildman–Crippen MR) is 170 cm³/mol. The fourth-order valence-electron chi connectivity index (χ4n) is 5.44. The Morgan fingerprint density at radius 1 is 0.885 bits per heavy atom.